The zero-order valence-electron chi connectivity index (χ0n) is 10.6. The fourth-order valence-electron chi connectivity index (χ4n) is 2.07. The highest BCUT2D eigenvalue weighted by atomic mass is 16.7. The van der Waals surface area contributed by atoms with Gasteiger partial charge in [-0.05, 0) is 32.6 Å². The Morgan fingerprint density at radius 2 is 2.12 bits per heavy atom. The summed E-state index contributed by atoms with van der Waals surface area (Å²) < 4.78 is 15.7. The van der Waals surface area contributed by atoms with Crippen LogP contribution in [0.15, 0.2) is 0 Å². The van der Waals surface area contributed by atoms with Gasteiger partial charge in [-0.15, -0.1) is 0 Å². The monoisotopic (exact) mass is 232 g/mol. The molecule has 1 N–H and O–H groups in total. The summed E-state index contributed by atoms with van der Waals surface area (Å²) in [5.41, 5.74) is -0.747. The predicted octanol–water partition coefficient (Wildman–Crippen LogP) is 1.71. The van der Waals surface area contributed by atoms with E-state index in [1.807, 2.05) is 6.92 Å². The fraction of sp³-hybridized carbons (Fsp3) is 1.00. The molecular weight excluding hydrogens is 208 g/mol. The van der Waals surface area contributed by atoms with Crippen molar-refractivity contribution in [1.82, 2.24) is 0 Å². The lowest BCUT2D eigenvalue weighted by atomic mass is 9.93. The first-order chi connectivity index (χ1) is 7.57. The fourth-order valence-corrected chi connectivity index (χ4v) is 2.07. The van der Waals surface area contributed by atoms with E-state index in [9.17, 15) is 5.11 Å². The largest absolute Gasteiger partial charge is 0.390 e. The second-order valence-corrected chi connectivity index (χ2v) is 4.78. The highest BCUT2D eigenvalue weighted by Gasteiger charge is 2.27. The van der Waals surface area contributed by atoms with Gasteiger partial charge in [0.2, 0.25) is 0 Å². The van der Waals surface area contributed by atoms with Crippen molar-refractivity contribution in [3.63, 3.8) is 0 Å². The lowest BCUT2D eigenvalue weighted by Crippen LogP contribution is -2.32. The first-order valence-electron chi connectivity index (χ1n) is 5.97. The van der Waals surface area contributed by atoms with Crippen LogP contribution in [-0.2, 0) is 14.2 Å². The number of aliphatic hydroxyl groups is 1. The molecule has 1 aliphatic heterocycles. The molecular formula is C12H24O4. The zero-order valence-corrected chi connectivity index (χ0v) is 10.6. The van der Waals surface area contributed by atoms with E-state index in [2.05, 4.69) is 0 Å². The number of hydrogen-bond acceptors (Lipinski definition) is 4. The molecule has 4 heteroatoms. The highest BCUT2D eigenvalue weighted by Crippen LogP contribution is 2.25. The smallest absolute Gasteiger partial charge is 0.159 e. The van der Waals surface area contributed by atoms with Gasteiger partial charge in [-0.2, -0.15) is 0 Å². The Balaban J connectivity index is 2.26. The summed E-state index contributed by atoms with van der Waals surface area (Å²) in [6.07, 6.45) is 4.38. The van der Waals surface area contributed by atoms with E-state index in [0.717, 1.165) is 32.3 Å². The molecule has 1 rings (SSSR count). The van der Waals surface area contributed by atoms with E-state index in [4.69, 9.17) is 14.2 Å². The van der Waals surface area contributed by atoms with Crippen molar-refractivity contribution in [3.8, 4) is 0 Å². The minimum absolute atomic E-state index is 0.329. The van der Waals surface area contributed by atoms with Gasteiger partial charge in [0.1, 0.15) is 0 Å². The normalized spacial score (nSPS) is 24.9. The maximum Gasteiger partial charge on any atom is 0.159 e. The van der Waals surface area contributed by atoms with Gasteiger partial charge in [-0.3, -0.25) is 0 Å². The molecule has 0 aromatic heterocycles. The lowest BCUT2D eigenvalue weighted by molar-refractivity contribution is -0.142. The van der Waals surface area contributed by atoms with Crippen molar-refractivity contribution in [1.29, 1.82) is 0 Å². The van der Waals surface area contributed by atoms with Gasteiger partial charge in [-0.25, -0.2) is 0 Å². The second-order valence-electron chi connectivity index (χ2n) is 4.78. The molecule has 1 aliphatic rings. The summed E-state index contributed by atoms with van der Waals surface area (Å²) in [6.45, 7) is 2.69. The van der Waals surface area contributed by atoms with Gasteiger partial charge in [0, 0.05) is 27.2 Å². The predicted molar refractivity (Wildman–Crippen MR) is 61.3 cm³/mol. The third kappa shape index (κ3) is 4.78. The van der Waals surface area contributed by atoms with Gasteiger partial charge >= 0.3 is 0 Å². The third-order valence-electron chi connectivity index (χ3n) is 3.16. The molecule has 0 amide bonds. The SMILES string of the molecule is COC(CC(C)(O)CCC1CCCO1)OC. The Morgan fingerprint density at radius 3 is 2.62 bits per heavy atom. The minimum atomic E-state index is -0.747. The number of methoxy groups -OCH3 is 2. The molecule has 1 fully saturated rings. The quantitative estimate of drug-likeness (QED) is 0.679. The maximum atomic E-state index is 10.2. The molecule has 1 heterocycles. The van der Waals surface area contributed by atoms with E-state index < -0.39 is 5.60 Å². The summed E-state index contributed by atoms with van der Waals surface area (Å²) >= 11 is 0. The number of ether oxygens (including phenoxy) is 3. The topological polar surface area (TPSA) is 47.9 Å². The number of rotatable bonds is 7. The van der Waals surface area contributed by atoms with E-state index in [-0.39, 0.29) is 6.29 Å². The average molecular weight is 232 g/mol. The van der Waals surface area contributed by atoms with Crippen LogP contribution in [0.2, 0.25) is 0 Å². The van der Waals surface area contributed by atoms with Crippen molar-refractivity contribution >= 4 is 0 Å². The van der Waals surface area contributed by atoms with Gasteiger partial charge < -0.3 is 19.3 Å². The molecule has 0 saturated carbocycles. The molecule has 4 nitrogen and oxygen atoms in total. The Bertz CT molecular complexity index is 183. The second kappa shape index (κ2) is 6.55. The van der Waals surface area contributed by atoms with E-state index in [0.29, 0.717) is 12.5 Å². The Hall–Kier alpha value is -0.160. The molecule has 1 saturated heterocycles. The van der Waals surface area contributed by atoms with Gasteiger partial charge in [-0.1, -0.05) is 0 Å². The standard InChI is InChI=1S/C12H24O4/c1-12(13,9-11(14-2)15-3)7-6-10-5-4-8-16-10/h10-11,13H,4-9H2,1-3H3. The Labute approximate surface area is 97.9 Å². The average Bonchev–Trinajstić information content (AvgIpc) is 2.76. The molecule has 0 spiro atoms. The van der Waals surface area contributed by atoms with Crippen LogP contribution in [0.1, 0.15) is 39.0 Å². The Morgan fingerprint density at radius 1 is 1.44 bits per heavy atom. The van der Waals surface area contributed by atoms with Crippen molar-refractivity contribution in [3.05, 3.63) is 0 Å². The molecule has 96 valence electrons. The lowest BCUT2D eigenvalue weighted by Gasteiger charge is -2.28. The van der Waals surface area contributed by atoms with Crippen LogP contribution >= 0.6 is 0 Å². The first-order valence-corrected chi connectivity index (χ1v) is 5.97. The maximum absolute atomic E-state index is 10.2. The molecule has 16 heavy (non-hydrogen) atoms. The summed E-state index contributed by atoms with van der Waals surface area (Å²) in [5, 5.41) is 10.2. The molecule has 2 unspecified atom stereocenters. The van der Waals surface area contributed by atoms with Crippen LogP contribution in [0.3, 0.4) is 0 Å². The summed E-state index contributed by atoms with van der Waals surface area (Å²) in [7, 11) is 3.18. The summed E-state index contributed by atoms with van der Waals surface area (Å²) in [6, 6.07) is 0. The van der Waals surface area contributed by atoms with Crippen LogP contribution in [-0.4, -0.2) is 43.9 Å². The summed E-state index contributed by atoms with van der Waals surface area (Å²) in [4.78, 5) is 0. The number of hydrogen-bond donors (Lipinski definition) is 1. The minimum Gasteiger partial charge on any atom is -0.390 e. The van der Waals surface area contributed by atoms with Crippen LogP contribution < -0.4 is 0 Å². The van der Waals surface area contributed by atoms with Gasteiger partial charge in [0.25, 0.3) is 0 Å². The molecule has 0 bridgehead atoms. The van der Waals surface area contributed by atoms with Crippen molar-refractivity contribution in [2.75, 3.05) is 20.8 Å². The van der Waals surface area contributed by atoms with Gasteiger partial charge in [0.05, 0.1) is 11.7 Å². The molecule has 0 aromatic carbocycles. The summed E-state index contributed by atoms with van der Waals surface area (Å²) in [5.74, 6) is 0. The van der Waals surface area contributed by atoms with Crippen LogP contribution in [0, 0.1) is 0 Å². The van der Waals surface area contributed by atoms with Crippen molar-refractivity contribution < 1.29 is 19.3 Å². The third-order valence-corrected chi connectivity index (χ3v) is 3.16. The van der Waals surface area contributed by atoms with Crippen LogP contribution in [0.4, 0.5) is 0 Å². The Kier molecular flexibility index (Phi) is 5.69. The van der Waals surface area contributed by atoms with Crippen LogP contribution in [0.25, 0.3) is 0 Å². The van der Waals surface area contributed by atoms with E-state index in [1.54, 1.807) is 14.2 Å². The van der Waals surface area contributed by atoms with Crippen LogP contribution in [0.5, 0.6) is 0 Å². The van der Waals surface area contributed by atoms with Crippen molar-refractivity contribution in [2.24, 2.45) is 0 Å². The van der Waals surface area contributed by atoms with E-state index in [1.165, 1.54) is 0 Å². The molecule has 0 radical (unpaired) electrons. The van der Waals surface area contributed by atoms with E-state index >= 15 is 0 Å². The highest BCUT2D eigenvalue weighted by molar-refractivity contribution is 4.77. The van der Waals surface area contributed by atoms with Gasteiger partial charge in [0.15, 0.2) is 6.29 Å². The molecule has 0 aliphatic carbocycles. The zero-order chi connectivity index (χ0) is 12.0. The first kappa shape index (κ1) is 13.9. The van der Waals surface area contributed by atoms with Crippen molar-refractivity contribution in [2.45, 2.75) is 57.0 Å². The molecule has 0 aromatic rings. The molecule has 2 atom stereocenters.